The fraction of sp³-hybridized carbons (Fsp3) is 0.0870. The molecule has 30 heavy (non-hydrogen) atoms. The summed E-state index contributed by atoms with van der Waals surface area (Å²) in [7, 11) is 2.88. The number of nitrogens with zero attached hydrogens (tertiary/aromatic N) is 1. The Morgan fingerprint density at radius 3 is 1.90 bits per heavy atom. The third kappa shape index (κ3) is 3.11. The lowest BCUT2D eigenvalue weighted by Crippen LogP contribution is -2.31. The number of fused-ring (bicyclic) bond motifs is 1. The quantitative estimate of drug-likeness (QED) is 0.451. The minimum Gasteiger partial charge on any atom is -0.493 e. The molecule has 0 aromatic heterocycles. The molecule has 0 N–H and O–H groups in total. The molecule has 7 heteroatoms. The number of halogens is 1. The van der Waals surface area contributed by atoms with Crippen LogP contribution in [0.25, 0.3) is 0 Å². The Bertz CT molecular complexity index is 1150. The van der Waals surface area contributed by atoms with Crippen molar-refractivity contribution in [2.45, 2.75) is 0 Å². The number of carbonyl (C=O) groups is 3. The topological polar surface area (TPSA) is 72.9 Å². The van der Waals surface area contributed by atoms with Crippen molar-refractivity contribution in [2.75, 3.05) is 19.1 Å². The molecule has 150 valence electrons. The summed E-state index contributed by atoms with van der Waals surface area (Å²) >= 11 is 5.93. The van der Waals surface area contributed by atoms with Crippen LogP contribution in [0.1, 0.15) is 36.6 Å². The number of benzene rings is 3. The highest BCUT2D eigenvalue weighted by atomic mass is 35.5. The lowest BCUT2D eigenvalue weighted by molar-refractivity contribution is 0.0926. The van der Waals surface area contributed by atoms with Gasteiger partial charge in [-0.25, -0.2) is 4.90 Å². The van der Waals surface area contributed by atoms with Gasteiger partial charge in [0.25, 0.3) is 11.8 Å². The number of imide groups is 1. The van der Waals surface area contributed by atoms with Gasteiger partial charge >= 0.3 is 0 Å². The van der Waals surface area contributed by atoms with Crippen LogP contribution in [0.2, 0.25) is 5.02 Å². The van der Waals surface area contributed by atoms with E-state index in [1.165, 1.54) is 26.4 Å². The van der Waals surface area contributed by atoms with Gasteiger partial charge in [-0.15, -0.1) is 0 Å². The minimum atomic E-state index is -0.507. The van der Waals surface area contributed by atoms with Crippen molar-refractivity contribution in [3.8, 4) is 11.5 Å². The Hall–Kier alpha value is -3.64. The molecular formula is C23H16ClNO5. The first-order chi connectivity index (χ1) is 14.5. The van der Waals surface area contributed by atoms with Gasteiger partial charge in [-0.2, -0.15) is 0 Å². The van der Waals surface area contributed by atoms with Gasteiger partial charge in [0.15, 0.2) is 17.3 Å². The van der Waals surface area contributed by atoms with Crippen molar-refractivity contribution in [1.82, 2.24) is 0 Å². The van der Waals surface area contributed by atoms with Gasteiger partial charge in [0.1, 0.15) is 0 Å². The molecule has 3 aromatic rings. The molecule has 0 bridgehead atoms. The van der Waals surface area contributed by atoms with Crippen molar-refractivity contribution < 1.29 is 23.9 Å². The predicted octanol–water partition coefficient (Wildman–Crippen LogP) is 4.39. The molecule has 4 rings (SSSR count). The van der Waals surface area contributed by atoms with Crippen LogP contribution in [0, 0.1) is 0 Å². The van der Waals surface area contributed by atoms with E-state index < -0.39 is 11.8 Å². The normalized spacial score (nSPS) is 12.7. The van der Waals surface area contributed by atoms with Gasteiger partial charge in [-0.1, -0.05) is 23.7 Å². The van der Waals surface area contributed by atoms with Gasteiger partial charge in [0.05, 0.1) is 36.6 Å². The summed E-state index contributed by atoms with van der Waals surface area (Å²) in [6.45, 7) is 0. The maximum atomic E-state index is 13.3. The summed E-state index contributed by atoms with van der Waals surface area (Å²) in [6, 6.07) is 15.8. The number of rotatable bonds is 5. The minimum absolute atomic E-state index is 0.124. The highest BCUT2D eigenvalue weighted by Gasteiger charge is 2.39. The first-order valence-electron chi connectivity index (χ1n) is 9.00. The van der Waals surface area contributed by atoms with E-state index in [4.69, 9.17) is 21.1 Å². The SMILES string of the molecule is COc1cc(C(=O)c2ccc(Cl)cc2)c(N2C(=O)c3ccccc3C2=O)cc1OC. The second-order valence-corrected chi connectivity index (χ2v) is 6.99. The van der Waals surface area contributed by atoms with Crippen LogP contribution >= 0.6 is 11.6 Å². The zero-order chi connectivity index (χ0) is 21.4. The highest BCUT2D eigenvalue weighted by Crippen LogP contribution is 2.39. The first-order valence-corrected chi connectivity index (χ1v) is 9.38. The molecule has 1 aliphatic rings. The van der Waals surface area contributed by atoms with Crippen LogP contribution < -0.4 is 14.4 Å². The van der Waals surface area contributed by atoms with Crippen molar-refractivity contribution >= 4 is 34.9 Å². The molecule has 0 radical (unpaired) electrons. The van der Waals surface area contributed by atoms with Crippen molar-refractivity contribution in [3.05, 3.63) is 87.9 Å². The third-order valence-corrected chi connectivity index (χ3v) is 5.14. The second kappa shape index (κ2) is 7.65. The Labute approximate surface area is 177 Å². The van der Waals surface area contributed by atoms with Crippen molar-refractivity contribution in [2.24, 2.45) is 0 Å². The fourth-order valence-electron chi connectivity index (χ4n) is 3.40. The van der Waals surface area contributed by atoms with Crippen LogP contribution in [0.15, 0.2) is 60.7 Å². The number of amides is 2. The molecule has 0 unspecified atom stereocenters. The second-order valence-electron chi connectivity index (χ2n) is 6.55. The standard InChI is InChI=1S/C23H16ClNO5/c1-29-19-11-17(21(26)13-7-9-14(24)10-8-13)18(12-20(19)30-2)25-22(27)15-5-3-4-6-16(15)23(25)28/h3-12H,1-2H3. The van der Waals surface area contributed by atoms with E-state index in [1.807, 2.05) is 0 Å². The van der Waals surface area contributed by atoms with Gasteiger partial charge in [0, 0.05) is 16.7 Å². The average molecular weight is 422 g/mol. The molecule has 1 aliphatic heterocycles. The molecular weight excluding hydrogens is 406 g/mol. The van der Waals surface area contributed by atoms with Gasteiger partial charge in [-0.05, 0) is 42.5 Å². The van der Waals surface area contributed by atoms with Crippen LogP contribution in [-0.2, 0) is 0 Å². The van der Waals surface area contributed by atoms with Crippen LogP contribution in [0.5, 0.6) is 11.5 Å². The summed E-state index contributed by atoms with van der Waals surface area (Å²) in [6.07, 6.45) is 0. The Morgan fingerprint density at radius 1 is 0.833 bits per heavy atom. The van der Waals surface area contributed by atoms with Crippen molar-refractivity contribution in [3.63, 3.8) is 0 Å². The van der Waals surface area contributed by atoms with E-state index in [1.54, 1.807) is 48.5 Å². The van der Waals surface area contributed by atoms with Gasteiger partial charge in [0.2, 0.25) is 0 Å². The molecule has 2 amide bonds. The molecule has 3 aromatic carbocycles. The van der Waals surface area contributed by atoms with E-state index in [0.29, 0.717) is 16.3 Å². The predicted molar refractivity (Wildman–Crippen MR) is 112 cm³/mol. The van der Waals surface area contributed by atoms with E-state index in [9.17, 15) is 14.4 Å². The summed E-state index contributed by atoms with van der Waals surface area (Å²) in [5.41, 5.74) is 1.16. The number of anilines is 1. The number of hydrogen-bond donors (Lipinski definition) is 0. The highest BCUT2D eigenvalue weighted by molar-refractivity contribution is 6.36. The molecule has 0 spiro atoms. The largest absolute Gasteiger partial charge is 0.493 e. The number of carbonyl (C=O) groups excluding carboxylic acids is 3. The Kier molecular flexibility index (Phi) is 5.01. The Morgan fingerprint density at radius 2 is 1.37 bits per heavy atom. The Balaban J connectivity index is 1.91. The average Bonchev–Trinajstić information content (AvgIpc) is 3.03. The number of ketones is 1. The maximum Gasteiger partial charge on any atom is 0.266 e. The summed E-state index contributed by atoms with van der Waals surface area (Å²) in [5.74, 6) is -0.813. The van der Waals surface area contributed by atoms with E-state index in [-0.39, 0.29) is 33.9 Å². The molecule has 0 saturated carbocycles. The van der Waals surface area contributed by atoms with Crippen LogP contribution in [-0.4, -0.2) is 31.8 Å². The lowest BCUT2D eigenvalue weighted by atomic mass is 10.00. The molecule has 6 nitrogen and oxygen atoms in total. The van der Waals surface area contributed by atoms with Gasteiger partial charge in [-0.3, -0.25) is 14.4 Å². The molecule has 0 atom stereocenters. The molecule has 0 fully saturated rings. The zero-order valence-electron chi connectivity index (χ0n) is 16.1. The van der Waals surface area contributed by atoms with Crippen LogP contribution in [0.3, 0.4) is 0 Å². The molecule has 1 heterocycles. The van der Waals surface area contributed by atoms with E-state index >= 15 is 0 Å². The summed E-state index contributed by atoms with van der Waals surface area (Å²) in [4.78, 5) is 40.3. The smallest absolute Gasteiger partial charge is 0.266 e. The summed E-state index contributed by atoms with van der Waals surface area (Å²) in [5, 5.41) is 0.486. The lowest BCUT2D eigenvalue weighted by Gasteiger charge is -2.20. The third-order valence-electron chi connectivity index (χ3n) is 4.89. The van der Waals surface area contributed by atoms with E-state index in [2.05, 4.69) is 0 Å². The van der Waals surface area contributed by atoms with E-state index in [0.717, 1.165) is 4.90 Å². The number of ether oxygens (including phenoxy) is 2. The number of hydrogen-bond acceptors (Lipinski definition) is 5. The molecule has 0 saturated heterocycles. The van der Waals surface area contributed by atoms with Gasteiger partial charge < -0.3 is 9.47 Å². The first kappa shape index (κ1) is 19.7. The van der Waals surface area contributed by atoms with Crippen molar-refractivity contribution in [1.29, 1.82) is 0 Å². The van der Waals surface area contributed by atoms with Crippen LogP contribution in [0.4, 0.5) is 5.69 Å². The number of methoxy groups -OCH3 is 2. The fourth-order valence-corrected chi connectivity index (χ4v) is 3.53. The maximum absolute atomic E-state index is 13.3. The monoisotopic (exact) mass is 421 g/mol. The zero-order valence-corrected chi connectivity index (χ0v) is 16.9. The summed E-state index contributed by atoms with van der Waals surface area (Å²) < 4.78 is 10.7. The molecule has 0 aliphatic carbocycles.